The van der Waals surface area contributed by atoms with Gasteiger partial charge in [-0.1, -0.05) is 59.4 Å². The molecule has 9 heteroatoms. The van der Waals surface area contributed by atoms with Crippen LogP contribution in [0.1, 0.15) is 20.3 Å². The zero-order valence-electron chi connectivity index (χ0n) is 11.2. The maximum atomic E-state index is 12.4. The van der Waals surface area contributed by atoms with Crippen LogP contribution in [0.15, 0.2) is 21.5 Å². The minimum Gasteiger partial charge on any atom is -0.480 e. The zero-order valence-corrected chi connectivity index (χ0v) is 15.1. The Morgan fingerprint density at radius 2 is 1.86 bits per heavy atom. The molecule has 0 heterocycles. The van der Waals surface area contributed by atoms with Gasteiger partial charge in [0.1, 0.15) is 10.9 Å². The first-order chi connectivity index (χ1) is 9.60. The monoisotopic (exact) mass is 417 g/mol. The van der Waals surface area contributed by atoms with Crippen molar-refractivity contribution in [2.75, 3.05) is 0 Å². The highest BCUT2D eigenvalue weighted by atomic mass is 79.9. The summed E-state index contributed by atoms with van der Waals surface area (Å²) in [4.78, 5) is 10.9. The second-order valence-electron chi connectivity index (χ2n) is 4.52. The summed E-state index contributed by atoms with van der Waals surface area (Å²) < 4.78 is 27.4. The van der Waals surface area contributed by atoms with E-state index < -0.39 is 22.0 Å². The number of nitrogens with one attached hydrogen (secondary N) is 1. The molecule has 0 aliphatic heterocycles. The van der Waals surface area contributed by atoms with Crippen LogP contribution in [0.25, 0.3) is 0 Å². The van der Waals surface area contributed by atoms with Crippen LogP contribution >= 0.6 is 39.1 Å². The smallest absolute Gasteiger partial charge is 0.322 e. The Hall–Kier alpha value is -0.340. The predicted molar refractivity (Wildman–Crippen MR) is 85.4 cm³/mol. The van der Waals surface area contributed by atoms with Gasteiger partial charge in [0.15, 0.2) is 0 Å². The van der Waals surface area contributed by atoms with Crippen LogP contribution in [-0.2, 0) is 14.8 Å². The Morgan fingerprint density at radius 1 is 1.38 bits per heavy atom. The third-order valence-corrected chi connectivity index (χ3v) is 5.81. The molecule has 0 bridgehead atoms. The molecule has 21 heavy (non-hydrogen) atoms. The predicted octanol–water partition coefficient (Wildman–Crippen LogP) is 3.53. The largest absolute Gasteiger partial charge is 0.480 e. The molecule has 0 aliphatic carbocycles. The molecule has 0 spiro atoms. The van der Waals surface area contributed by atoms with Gasteiger partial charge < -0.3 is 5.11 Å². The maximum Gasteiger partial charge on any atom is 0.322 e. The Morgan fingerprint density at radius 3 is 2.24 bits per heavy atom. The number of halogens is 3. The first-order valence-electron chi connectivity index (χ1n) is 5.99. The van der Waals surface area contributed by atoms with Gasteiger partial charge in [-0.2, -0.15) is 4.72 Å². The van der Waals surface area contributed by atoms with Gasteiger partial charge in [-0.05, 0) is 18.1 Å². The van der Waals surface area contributed by atoms with Crippen LogP contribution in [-0.4, -0.2) is 25.5 Å². The van der Waals surface area contributed by atoms with Crippen LogP contribution in [0.2, 0.25) is 10.0 Å². The zero-order chi connectivity index (χ0) is 16.4. The molecule has 0 amide bonds. The minimum atomic E-state index is -4.15. The minimum absolute atomic E-state index is 0.0878. The van der Waals surface area contributed by atoms with Gasteiger partial charge in [0.05, 0.1) is 10.0 Å². The summed E-state index contributed by atoms with van der Waals surface area (Å²) in [6.07, 6.45) is 0.501. The summed E-state index contributed by atoms with van der Waals surface area (Å²) in [5, 5.41) is 8.99. The Balaban J connectivity index is 3.26. The lowest BCUT2D eigenvalue weighted by atomic mass is 10.0. The second kappa shape index (κ2) is 7.28. The molecule has 1 aromatic rings. The second-order valence-corrected chi connectivity index (χ2v) is 7.90. The van der Waals surface area contributed by atoms with Crippen molar-refractivity contribution in [2.45, 2.75) is 31.2 Å². The topological polar surface area (TPSA) is 83.5 Å². The van der Waals surface area contributed by atoms with E-state index in [2.05, 4.69) is 20.7 Å². The van der Waals surface area contributed by atoms with E-state index in [1.165, 1.54) is 12.1 Å². The molecule has 1 rings (SSSR count). The average Bonchev–Trinajstić information content (AvgIpc) is 2.33. The lowest BCUT2D eigenvalue weighted by Gasteiger charge is -2.20. The Bertz CT molecular complexity index is 628. The van der Waals surface area contributed by atoms with Crippen molar-refractivity contribution in [3.63, 3.8) is 0 Å². The summed E-state index contributed by atoms with van der Waals surface area (Å²) in [5.74, 6) is -1.64. The van der Waals surface area contributed by atoms with Gasteiger partial charge in [0.25, 0.3) is 0 Å². The lowest BCUT2D eigenvalue weighted by Crippen LogP contribution is -2.45. The normalized spacial score (nSPS) is 14.7. The number of aliphatic carboxylic acids is 1. The fourth-order valence-corrected chi connectivity index (χ4v) is 4.89. The maximum absolute atomic E-state index is 12.4. The quantitative estimate of drug-likeness (QED) is 0.739. The van der Waals surface area contributed by atoms with E-state index in [1.54, 1.807) is 13.8 Å². The molecule has 1 unspecified atom stereocenters. The average molecular weight is 419 g/mol. The third-order valence-electron chi connectivity index (χ3n) is 2.99. The number of hydrogen-bond acceptors (Lipinski definition) is 3. The molecule has 0 fully saturated rings. The molecule has 0 saturated carbocycles. The highest BCUT2D eigenvalue weighted by Gasteiger charge is 2.31. The Labute approximate surface area is 141 Å². The number of sulfonamides is 1. The summed E-state index contributed by atoms with van der Waals surface area (Å²) >= 11 is 15.0. The van der Waals surface area contributed by atoms with Gasteiger partial charge >= 0.3 is 5.97 Å². The van der Waals surface area contributed by atoms with E-state index in [0.717, 1.165) is 0 Å². The standard InChI is InChI=1S/C12H14BrCl2NO4S/c1-3-6(2)10(12(17)18)16-21(19,20)11-8(14)4-7(13)5-9(11)15/h4-6,10,16H,3H2,1-2H3,(H,17,18)/t6?,10-/m0/s1. The van der Waals surface area contributed by atoms with Gasteiger partial charge in [-0.25, -0.2) is 8.42 Å². The van der Waals surface area contributed by atoms with Crippen molar-refractivity contribution in [1.82, 2.24) is 4.72 Å². The molecule has 0 saturated heterocycles. The fraction of sp³-hybridized carbons (Fsp3) is 0.417. The van der Waals surface area contributed by atoms with E-state index in [1.807, 2.05) is 0 Å². The molecule has 2 atom stereocenters. The highest BCUT2D eigenvalue weighted by Crippen LogP contribution is 2.33. The molecule has 0 radical (unpaired) electrons. The van der Waals surface area contributed by atoms with Crippen LogP contribution in [0.5, 0.6) is 0 Å². The van der Waals surface area contributed by atoms with E-state index in [0.29, 0.717) is 10.9 Å². The number of carbonyl (C=O) groups is 1. The fourth-order valence-electron chi connectivity index (χ4n) is 1.66. The molecule has 118 valence electrons. The SMILES string of the molecule is CCC(C)[C@H](NS(=O)(=O)c1c(Cl)cc(Br)cc1Cl)C(=O)O. The molecular formula is C12H14BrCl2NO4S. The third kappa shape index (κ3) is 4.56. The molecular weight excluding hydrogens is 405 g/mol. The van der Waals surface area contributed by atoms with Crippen molar-refractivity contribution in [3.8, 4) is 0 Å². The van der Waals surface area contributed by atoms with Crippen LogP contribution < -0.4 is 4.72 Å². The van der Waals surface area contributed by atoms with Gasteiger partial charge in [-0.15, -0.1) is 0 Å². The molecule has 2 N–H and O–H groups in total. The van der Waals surface area contributed by atoms with Gasteiger partial charge in [-0.3, -0.25) is 4.79 Å². The molecule has 1 aromatic carbocycles. The summed E-state index contributed by atoms with van der Waals surface area (Å²) in [7, 11) is -4.15. The van der Waals surface area contributed by atoms with Crippen molar-refractivity contribution in [2.24, 2.45) is 5.92 Å². The van der Waals surface area contributed by atoms with Crippen molar-refractivity contribution < 1.29 is 18.3 Å². The van der Waals surface area contributed by atoms with E-state index in [4.69, 9.17) is 28.3 Å². The Kier molecular flexibility index (Phi) is 6.49. The lowest BCUT2D eigenvalue weighted by molar-refractivity contribution is -0.140. The summed E-state index contributed by atoms with van der Waals surface area (Å²) in [6.45, 7) is 3.42. The van der Waals surface area contributed by atoms with Gasteiger partial charge in [0, 0.05) is 4.47 Å². The van der Waals surface area contributed by atoms with E-state index in [-0.39, 0.29) is 20.9 Å². The van der Waals surface area contributed by atoms with Crippen LogP contribution in [0.3, 0.4) is 0 Å². The van der Waals surface area contributed by atoms with Crippen molar-refractivity contribution in [1.29, 1.82) is 0 Å². The number of rotatable bonds is 6. The van der Waals surface area contributed by atoms with Crippen molar-refractivity contribution >= 4 is 55.1 Å². The number of benzene rings is 1. The van der Waals surface area contributed by atoms with Crippen LogP contribution in [0, 0.1) is 5.92 Å². The molecule has 0 aromatic heterocycles. The number of hydrogen-bond donors (Lipinski definition) is 2. The number of carboxylic acids is 1. The van der Waals surface area contributed by atoms with Crippen molar-refractivity contribution in [3.05, 3.63) is 26.7 Å². The molecule has 0 aliphatic rings. The first-order valence-corrected chi connectivity index (χ1v) is 9.03. The highest BCUT2D eigenvalue weighted by molar-refractivity contribution is 9.10. The van der Waals surface area contributed by atoms with E-state index in [9.17, 15) is 13.2 Å². The number of carboxylic acid groups (broad SMARTS) is 1. The molecule has 5 nitrogen and oxygen atoms in total. The summed E-state index contributed by atoms with van der Waals surface area (Å²) in [5.41, 5.74) is 0. The first kappa shape index (κ1) is 18.7. The van der Waals surface area contributed by atoms with Crippen LogP contribution in [0.4, 0.5) is 0 Å². The summed E-state index contributed by atoms with van der Waals surface area (Å²) in [6, 6.07) is 1.50. The van der Waals surface area contributed by atoms with Gasteiger partial charge in [0.2, 0.25) is 10.0 Å². The van der Waals surface area contributed by atoms with E-state index >= 15 is 0 Å².